The molecule has 4 nitrogen and oxygen atoms in total. The topological polar surface area (TPSA) is 60.2 Å². The molecule has 0 aromatic rings. The molecule has 1 saturated carbocycles. The lowest BCUT2D eigenvalue weighted by atomic mass is 10.3. The number of nitrogens with zero attached hydrogens (tertiary/aromatic N) is 1. The summed E-state index contributed by atoms with van der Waals surface area (Å²) in [6.07, 6.45) is 0.447. The van der Waals surface area contributed by atoms with Crippen molar-refractivity contribution in [3.8, 4) is 0 Å². The van der Waals surface area contributed by atoms with Crippen molar-refractivity contribution in [1.29, 1.82) is 0 Å². The molecule has 0 aliphatic heterocycles. The highest BCUT2D eigenvalue weighted by atomic mass is 16.6. The van der Waals surface area contributed by atoms with Crippen LogP contribution in [0.1, 0.15) is 13.3 Å². The summed E-state index contributed by atoms with van der Waals surface area (Å²) in [6.45, 7) is 1.40. The van der Waals surface area contributed by atoms with Gasteiger partial charge in [0.15, 0.2) is 0 Å². The molecule has 0 bridgehead atoms. The maximum absolute atomic E-state index is 10.4. The highest BCUT2D eigenvalue weighted by Crippen LogP contribution is 2.33. The fourth-order valence-corrected chi connectivity index (χ4v) is 0.851. The predicted octanol–water partition coefficient (Wildman–Crippen LogP) is 0.241. The molecule has 2 atom stereocenters. The van der Waals surface area contributed by atoms with Gasteiger partial charge in [0.2, 0.25) is 6.04 Å². The van der Waals surface area contributed by atoms with Crippen LogP contribution < -0.4 is 0 Å². The highest BCUT2D eigenvalue weighted by molar-refractivity contribution is 5.81. The summed E-state index contributed by atoms with van der Waals surface area (Å²) in [4.78, 5) is 20.0. The smallest absolute Gasteiger partial charge is 0.224 e. The van der Waals surface area contributed by atoms with E-state index in [-0.39, 0.29) is 16.6 Å². The van der Waals surface area contributed by atoms with Crippen molar-refractivity contribution in [2.24, 2.45) is 5.92 Å². The fraction of sp³-hybridized carbons (Fsp3) is 0.800. The van der Waals surface area contributed by atoms with Crippen LogP contribution in [0.15, 0.2) is 0 Å². The number of Topliss-reactive ketones (excluding diaryl/α,β-unsaturated/α-hetero) is 1. The standard InChI is InChI=1S/C5H7NO3/c1-3(7)4-2-5(4)6(8)9/h4-5H,2H2,1H3. The summed E-state index contributed by atoms with van der Waals surface area (Å²) in [7, 11) is 0. The van der Waals surface area contributed by atoms with Crippen LogP contribution in [0.5, 0.6) is 0 Å². The van der Waals surface area contributed by atoms with Crippen LogP contribution >= 0.6 is 0 Å². The van der Waals surface area contributed by atoms with Crippen molar-refractivity contribution in [2.75, 3.05) is 0 Å². The minimum atomic E-state index is -0.567. The van der Waals surface area contributed by atoms with E-state index in [0.717, 1.165) is 0 Å². The van der Waals surface area contributed by atoms with Gasteiger partial charge in [-0.2, -0.15) is 0 Å². The number of carbonyl (C=O) groups excluding carboxylic acids is 1. The third-order valence-corrected chi connectivity index (χ3v) is 1.55. The lowest BCUT2D eigenvalue weighted by molar-refractivity contribution is -0.497. The maximum atomic E-state index is 10.4. The van der Waals surface area contributed by atoms with Gasteiger partial charge in [-0.1, -0.05) is 0 Å². The van der Waals surface area contributed by atoms with Crippen molar-refractivity contribution >= 4 is 5.78 Å². The van der Waals surface area contributed by atoms with E-state index in [1.54, 1.807) is 0 Å². The number of ketones is 1. The Morgan fingerprint density at radius 2 is 2.33 bits per heavy atom. The fourth-order valence-electron chi connectivity index (χ4n) is 0.851. The average Bonchev–Trinajstić information content (AvgIpc) is 2.39. The van der Waals surface area contributed by atoms with Gasteiger partial charge in [-0.05, 0) is 6.92 Å². The van der Waals surface area contributed by atoms with E-state index in [0.29, 0.717) is 6.42 Å². The van der Waals surface area contributed by atoms with Crippen molar-refractivity contribution in [3.63, 3.8) is 0 Å². The Kier molecular flexibility index (Phi) is 1.23. The summed E-state index contributed by atoms with van der Waals surface area (Å²) in [6, 6.07) is -0.567. The van der Waals surface area contributed by atoms with Crippen LogP contribution in [0.4, 0.5) is 0 Å². The molecule has 2 unspecified atom stereocenters. The first-order valence-corrected chi connectivity index (χ1v) is 2.77. The molecular formula is C5H7NO3. The number of hydrogen-bond acceptors (Lipinski definition) is 3. The molecule has 1 aliphatic rings. The highest BCUT2D eigenvalue weighted by Gasteiger charge is 2.51. The molecule has 0 saturated heterocycles. The molecule has 0 radical (unpaired) electrons. The molecule has 50 valence electrons. The van der Waals surface area contributed by atoms with Gasteiger partial charge in [-0.3, -0.25) is 14.9 Å². The van der Waals surface area contributed by atoms with Gasteiger partial charge in [0.05, 0.1) is 5.92 Å². The van der Waals surface area contributed by atoms with Crippen LogP contribution in [0.25, 0.3) is 0 Å². The maximum Gasteiger partial charge on any atom is 0.224 e. The monoisotopic (exact) mass is 129 g/mol. The molecule has 4 heteroatoms. The molecule has 1 fully saturated rings. The molecule has 0 heterocycles. The quantitative estimate of drug-likeness (QED) is 0.396. The lowest BCUT2D eigenvalue weighted by Gasteiger charge is -1.84. The number of nitro groups is 1. The van der Waals surface area contributed by atoms with Gasteiger partial charge >= 0.3 is 0 Å². The van der Waals surface area contributed by atoms with Gasteiger partial charge < -0.3 is 0 Å². The van der Waals surface area contributed by atoms with E-state index in [9.17, 15) is 14.9 Å². The molecule has 0 N–H and O–H groups in total. The molecule has 0 amide bonds. The van der Waals surface area contributed by atoms with E-state index in [1.807, 2.05) is 0 Å². The first-order valence-electron chi connectivity index (χ1n) is 2.77. The molecule has 0 aromatic carbocycles. The zero-order valence-corrected chi connectivity index (χ0v) is 5.03. The van der Waals surface area contributed by atoms with Gasteiger partial charge in [0, 0.05) is 11.3 Å². The van der Waals surface area contributed by atoms with Crippen LogP contribution in [-0.4, -0.2) is 16.7 Å². The first-order chi connectivity index (χ1) is 4.13. The lowest BCUT2D eigenvalue weighted by Crippen LogP contribution is -2.07. The van der Waals surface area contributed by atoms with Crippen molar-refractivity contribution in [1.82, 2.24) is 0 Å². The van der Waals surface area contributed by atoms with E-state index in [1.165, 1.54) is 6.92 Å². The number of carbonyl (C=O) groups is 1. The summed E-state index contributed by atoms with van der Waals surface area (Å²) in [5.41, 5.74) is 0. The SMILES string of the molecule is CC(=O)C1CC1[N+](=O)[O-]. The minimum Gasteiger partial charge on any atom is -0.299 e. The molecule has 1 aliphatic carbocycles. The molecule has 0 spiro atoms. The van der Waals surface area contributed by atoms with Gasteiger partial charge in [0.1, 0.15) is 5.78 Å². The van der Waals surface area contributed by atoms with Crippen LogP contribution in [0, 0.1) is 16.0 Å². The largest absolute Gasteiger partial charge is 0.299 e. The third kappa shape index (κ3) is 1.06. The Morgan fingerprint density at radius 1 is 1.78 bits per heavy atom. The van der Waals surface area contributed by atoms with Crippen molar-refractivity contribution < 1.29 is 9.72 Å². The summed E-state index contributed by atoms with van der Waals surface area (Å²) in [5.74, 6) is -0.336. The Hall–Kier alpha value is -0.930. The number of hydrogen-bond donors (Lipinski definition) is 0. The molecular weight excluding hydrogens is 122 g/mol. The Bertz CT molecular complexity index is 148. The van der Waals surface area contributed by atoms with Crippen LogP contribution in [0.3, 0.4) is 0 Å². The van der Waals surface area contributed by atoms with Crippen LogP contribution in [0.2, 0.25) is 0 Å². The van der Waals surface area contributed by atoms with Gasteiger partial charge in [0.25, 0.3) is 0 Å². The Labute approximate surface area is 52.0 Å². The third-order valence-electron chi connectivity index (χ3n) is 1.55. The molecule has 0 aromatic heterocycles. The molecule has 9 heavy (non-hydrogen) atoms. The molecule has 1 rings (SSSR count). The van der Waals surface area contributed by atoms with E-state index in [2.05, 4.69) is 0 Å². The zero-order valence-electron chi connectivity index (χ0n) is 5.03. The van der Waals surface area contributed by atoms with Crippen molar-refractivity contribution in [2.45, 2.75) is 19.4 Å². The van der Waals surface area contributed by atoms with Gasteiger partial charge in [-0.15, -0.1) is 0 Å². The Morgan fingerprint density at radius 3 is 2.44 bits per heavy atom. The zero-order chi connectivity index (χ0) is 7.02. The predicted molar refractivity (Wildman–Crippen MR) is 29.6 cm³/mol. The van der Waals surface area contributed by atoms with E-state index in [4.69, 9.17) is 0 Å². The van der Waals surface area contributed by atoms with Crippen LogP contribution in [-0.2, 0) is 4.79 Å². The summed E-state index contributed by atoms with van der Waals surface area (Å²) < 4.78 is 0. The number of rotatable bonds is 2. The summed E-state index contributed by atoms with van der Waals surface area (Å²) >= 11 is 0. The van der Waals surface area contributed by atoms with Crippen molar-refractivity contribution in [3.05, 3.63) is 10.1 Å². The second kappa shape index (κ2) is 1.79. The summed E-state index contributed by atoms with van der Waals surface area (Å²) in [5, 5.41) is 9.93. The van der Waals surface area contributed by atoms with E-state index < -0.39 is 6.04 Å². The average molecular weight is 129 g/mol. The van der Waals surface area contributed by atoms with Gasteiger partial charge in [-0.25, -0.2) is 0 Å². The minimum absolute atomic E-state index is 0.0586. The van der Waals surface area contributed by atoms with E-state index >= 15 is 0 Å². The second-order valence-corrected chi connectivity index (χ2v) is 2.31. The normalized spacial score (nSPS) is 31.7. The second-order valence-electron chi connectivity index (χ2n) is 2.31. The Balaban J connectivity index is 2.42. The first kappa shape index (κ1) is 6.19.